The number of aryl methyl sites for hydroxylation is 1. The molecule has 136 valence electrons. The number of hydrogen-bond acceptors (Lipinski definition) is 3. The summed E-state index contributed by atoms with van der Waals surface area (Å²) in [6.45, 7) is 2.54. The van der Waals surface area contributed by atoms with Crippen LogP contribution in [0.5, 0.6) is 5.75 Å². The topological polar surface area (TPSA) is 50.7 Å². The predicted molar refractivity (Wildman–Crippen MR) is 109 cm³/mol. The van der Waals surface area contributed by atoms with E-state index in [4.69, 9.17) is 4.74 Å². The number of aliphatic imine (C=N–C) groups is 1. The minimum atomic E-state index is -0.149. The molecule has 0 fully saturated rings. The van der Waals surface area contributed by atoms with Crippen molar-refractivity contribution in [2.75, 3.05) is 6.61 Å². The summed E-state index contributed by atoms with van der Waals surface area (Å²) in [6, 6.07) is 25.3. The Morgan fingerprint density at radius 1 is 0.963 bits per heavy atom. The van der Waals surface area contributed by atoms with Crippen molar-refractivity contribution in [2.45, 2.75) is 13.5 Å². The first-order valence-corrected chi connectivity index (χ1v) is 8.83. The van der Waals surface area contributed by atoms with Gasteiger partial charge in [0, 0.05) is 12.8 Å². The van der Waals surface area contributed by atoms with Gasteiger partial charge in [-0.1, -0.05) is 48.0 Å². The van der Waals surface area contributed by atoms with E-state index in [1.807, 2.05) is 85.8 Å². The zero-order valence-corrected chi connectivity index (χ0v) is 15.3. The Morgan fingerprint density at radius 3 is 2.37 bits per heavy atom. The second-order valence-corrected chi connectivity index (χ2v) is 6.21. The molecule has 0 radical (unpaired) electrons. The first kappa shape index (κ1) is 18.4. The minimum absolute atomic E-state index is 0.0103. The molecule has 3 rings (SSSR count). The van der Waals surface area contributed by atoms with Crippen molar-refractivity contribution < 1.29 is 9.53 Å². The molecule has 0 atom stereocenters. The van der Waals surface area contributed by atoms with Gasteiger partial charge in [-0.25, -0.2) is 0 Å². The smallest absolute Gasteiger partial charge is 0.258 e. The van der Waals surface area contributed by atoms with Crippen LogP contribution in [0, 0.1) is 6.92 Å². The maximum atomic E-state index is 11.9. The van der Waals surface area contributed by atoms with E-state index < -0.39 is 0 Å². The molecule has 0 aliphatic heterocycles. The van der Waals surface area contributed by atoms with Gasteiger partial charge in [-0.05, 0) is 54.4 Å². The standard InChI is InChI=1S/C23H22N2O2/c1-18-7-11-21(12-8-18)24-15-20-9-13-22(14-10-20)27-17-23(26)25-16-19-5-3-2-4-6-19/h2-15H,16-17H2,1H3,(H,25,26). The first-order valence-electron chi connectivity index (χ1n) is 8.83. The predicted octanol–water partition coefficient (Wildman–Crippen LogP) is 4.44. The van der Waals surface area contributed by atoms with Crippen LogP contribution < -0.4 is 10.1 Å². The highest BCUT2D eigenvalue weighted by atomic mass is 16.5. The van der Waals surface area contributed by atoms with Crippen molar-refractivity contribution in [3.63, 3.8) is 0 Å². The largest absolute Gasteiger partial charge is 0.484 e. The molecular formula is C23H22N2O2. The highest BCUT2D eigenvalue weighted by molar-refractivity contribution is 5.82. The van der Waals surface area contributed by atoms with Crippen LogP contribution in [0.25, 0.3) is 0 Å². The lowest BCUT2D eigenvalue weighted by molar-refractivity contribution is -0.123. The number of nitrogens with zero attached hydrogens (tertiary/aromatic N) is 1. The summed E-state index contributed by atoms with van der Waals surface area (Å²) in [5.41, 5.74) is 4.15. The number of nitrogens with one attached hydrogen (secondary N) is 1. The van der Waals surface area contributed by atoms with Crippen LogP contribution in [0.1, 0.15) is 16.7 Å². The van der Waals surface area contributed by atoms with Gasteiger partial charge >= 0.3 is 0 Å². The van der Waals surface area contributed by atoms with Gasteiger partial charge in [-0.2, -0.15) is 0 Å². The third-order valence-corrected chi connectivity index (χ3v) is 3.98. The quantitative estimate of drug-likeness (QED) is 0.635. The van der Waals surface area contributed by atoms with Crippen molar-refractivity contribution in [3.05, 3.63) is 95.6 Å². The number of benzene rings is 3. The molecule has 0 aliphatic carbocycles. The van der Waals surface area contributed by atoms with Gasteiger partial charge in [0.05, 0.1) is 5.69 Å². The maximum Gasteiger partial charge on any atom is 0.258 e. The molecule has 1 amide bonds. The lowest BCUT2D eigenvalue weighted by atomic mass is 10.2. The van der Waals surface area contributed by atoms with Crippen molar-refractivity contribution in [2.24, 2.45) is 4.99 Å². The molecule has 0 spiro atoms. The van der Waals surface area contributed by atoms with Gasteiger partial charge in [0.15, 0.2) is 6.61 Å². The normalized spacial score (nSPS) is 10.7. The number of amides is 1. The molecule has 0 aromatic heterocycles. The molecule has 1 N–H and O–H groups in total. The number of hydrogen-bond donors (Lipinski definition) is 1. The average Bonchev–Trinajstić information content (AvgIpc) is 2.72. The summed E-state index contributed by atoms with van der Waals surface area (Å²) in [4.78, 5) is 16.3. The Hall–Kier alpha value is -3.40. The Kier molecular flexibility index (Phi) is 6.36. The summed E-state index contributed by atoms with van der Waals surface area (Å²) >= 11 is 0. The zero-order chi connectivity index (χ0) is 18.9. The molecule has 0 heterocycles. The molecule has 4 nitrogen and oxygen atoms in total. The zero-order valence-electron chi connectivity index (χ0n) is 15.3. The van der Waals surface area contributed by atoms with Crippen LogP contribution >= 0.6 is 0 Å². The molecule has 0 saturated heterocycles. The van der Waals surface area contributed by atoms with E-state index in [2.05, 4.69) is 10.3 Å². The SMILES string of the molecule is Cc1ccc(N=Cc2ccc(OCC(=O)NCc3ccccc3)cc2)cc1. The summed E-state index contributed by atoms with van der Waals surface area (Å²) in [5.74, 6) is 0.501. The highest BCUT2D eigenvalue weighted by Crippen LogP contribution is 2.14. The summed E-state index contributed by atoms with van der Waals surface area (Å²) in [6.07, 6.45) is 1.81. The molecule has 3 aromatic rings. The van der Waals surface area contributed by atoms with Gasteiger partial charge < -0.3 is 10.1 Å². The molecule has 27 heavy (non-hydrogen) atoms. The van der Waals surface area contributed by atoms with Crippen LogP contribution in [0.15, 0.2) is 83.9 Å². The summed E-state index contributed by atoms with van der Waals surface area (Å²) < 4.78 is 5.53. The molecular weight excluding hydrogens is 336 g/mol. The van der Waals surface area contributed by atoms with Crippen molar-refractivity contribution in [1.29, 1.82) is 0 Å². The Morgan fingerprint density at radius 2 is 1.67 bits per heavy atom. The summed E-state index contributed by atoms with van der Waals surface area (Å²) in [5, 5.41) is 2.84. The van der Waals surface area contributed by atoms with E-state index in [0.29, 0.717) is 12.3 Å². The van der Waals surface area contributed by atoms with Gasteiger partial charge in [-0.3, -0.25) is 9.79 Å². The molecule has 0 aliphatic rings. The van der Waals surface area contributed by atoms with Crippen molar-refractivity contribution in [1.82, 2.24) is 5.32 Å². The maximum absolute atomic E-state index is 11.9. The first-order chi connectivity index (χ1) is 13.2. The van der Waals surface area contributed by atoms with Crippen LogP contribution in [0.3, 0.4) is 0 Å². The lowest BCUT2D eigenvalue weighted by Crippen LogP contribution is -2.28. The van der Waals surface area contributed by atoms with E-state index in [9.17, 15) is 4.79 Å². The number of ether oxygens (including phenoxy) is 1. The van der Waals surface area contributed by atoms with Gasteiger partial charge in [0.2, 0.25) is 0 Å². The van der Waals surface area contributed by atoms with Gasteiger partial charge in [0.1, 0.15) is 5.75 Å². The van der Waals surface area contributed by atoms with Crippen molar-refractivity contribution >= 4 is 17.8 Å². The average molecular weight is 358 g/mol. The monoisotopic (exact) mass is 358 g/mol. The van der Waals surface area contributed by atoms with E-state index in [1.54, 1.807) is 6.21 Å². The Balaban J connectivity index is 1.46. The number of rotatable bonds is 7. The third-order valence-electron chi connectivity index (χ3n) is 3.98. The Labute approximate surface area is 159 Å². The van der Waals surface area contributed by atoms with E-state index in [0.717, 1.165) is 16.8 Å². The Bertz CT molecular complexity index is 886. The van der Waals surface area contributed by atoms with Crippen LogP contribution in [0.4, 0.5) is 5.69 Å². The van der Waals surface area contributed by atoms with Crippen molar-refractivity contribution in [3.8, 4) is 5.75 Å². The fraction of sp³-hybridized carbons (Fsp3) is 0.130. The van der Waals surface area contributed by atoms with E-state index in [-0.39, 0.29) is 12.5 Å². The minimum Gasteiger partial charge on any atom is -0.484 e. The second-order valence-electron chi connectivity index (χ2n) is 6.21. The fourth-order valence-corrected chi connectivity index (χ4v) is 2.43. The number of carbonyl (C=O) groups excluding carboxylic acids is 1. The molecule has 0 saturated carbocycles. The van der Waals surface area contributed by atoms with Gasteiger partial charge in [0.25, 0.3) is 5.91 Å². The third kappa shape index (κ3) is 6.12. The van der Waals surface area contributed by atoms with E-state index >= 15 is 0 Å². The molecule has 0 bridgehead atoms. The van der Waals surface area contributed by atoms with Gasteiger partial charge in [-0.15, -0.1) is 0 Å². The summed E-state index contributed by atoms with van der Waals surface area (Å²) in [7, 11) is 0. The van der Waals surface area contributed by atoms with Crippen LogP contribution in [-0.4, -0.2) is 18.7 Å². The molecule has 0 unspecified atom stereocenters. The van der Waals surface area contributed by atoms with Crippen LogP contribution in [0.2, 0.25) is 0 Å². The highest BCUT2D eigenvalue weighted by Gasteiger charge is 2.03. The van der Waals surface area contributed by atoms with E-state index in [1.165, 1.54) is 5.56 Å². The molecule has 4 heteroatoms. The lowest BCUT2D eigenvalue weighted by Gasteiger charge is -2.08. The molecule has 3 aromatic carbocycles. The fourth-order valence-electron chi connectivity index (χ4n) is 2.43. The number of carbonyl (C=O) groups is 1. The van der Waals surface area contributed by atoms with Crippen LogP contribution in [-0.2, 0) is 11.3 Å². The second kappa shape index (κ2) is 9.34.